The van der Waals surface area contributed by atoms with E-state index in [0.29, 0.717) is 5.92 Å². The summed E-state index contributed by atoms with van der Waals surface area (Å²) in [5, 5.41) is 0. The third-order valence-electron chi connectivity index (χ3n) is 3.07. The number of carbonyl (C=O) groups is 1. The van der Waals surface area contributed by atoms with Gasteiger partial charge in [0.05, 0.1) is 0 Å². The Balaban J connectivity index is 4.26. The van der Waals surface area contributed by atoms with Crippen LogP contribution in [0.15, 0.2) is 0 Å². The molecule has 0 spiro atoms. The van der Waals surface area contributed by atoms with E-state index in [9.17, 15) is 4.79 Å². The van der Waals surface area contributed by atoms with E-state index in [1.165, 1.54) is 12.8 Å². The van der Waals surface area contributed by atoms with Crippen molar-refractivity contribution < 1.29 is 9.53 Å². The molecule has 0 aliphatic rings. The number of primary amides is 1. The van der Waals surface area contributed by atoms with Crippen molar-refractivity contribution in [3.63, 3.8) is 0 Å². The van der Waals surface area contributed by atoms with Crippen molar-refractivity contribution >= 4 is 6.09 Å². The lowest BCUT2D eigenvalue weighted by atomic mass is 9.84. The highest BCUT2D eigenvalue weighted by Crippen LogP contribution is 2.29. The fourth-order valence-electron chi connectivity index (χ4n) is 1.57. The number of hydrogen-bond donors (Lipinski definition) is 1. The van der Waals surface area contributed by atoms with E-state index in [0.717, 1.165) is 12.8 Å². The summed E-state index contributed by atoms with van der Waals surface area (Å²) >= 11 is 0. The number of rotatable bonds is 6. The van der Waals surface area contributed by atoms with Crippen molar-refractivity contribution in [1.29, 1.82) is 0 Å². The van der Waals surface area contributed by atoms with Crippen LogP contribution in [0.4, 0.5) is 4.79 Å². The largest absolute Gasteiger partial charge is 0.443 e. The van der Waals surface area contributed by atoms with Crippen LogP contribution in [0, 0.1) is 5.92 Å². The first kappa shape index (κ1) is 13.3. The summed E-state index contributed by atoms with van der Waals surface area (Å²) < 4.78 is 5.18. The summed E-state index contributed by atoms with van der Waals surface area (Å²) in [6, 6.07) is 0. The minimum atomic E-state index is -0.669. The molecule has 0 aliphatic heterocycles. The molecule has 2 atom stereocenters. The first-order valence-corrected chi connectivity index (χ1v) is 5.44. The summed E-state index contributed by atoms with van der Waals surface area (Å²) in [7, 11) is 0. The molecule has 0 saturated carbocycles. The van der Waals surface area contributed by atoms with Gasteiger partial charge in [-0.3, -0.25) is 0 Å². The molecule has 0 aromatic carbocycles. The molecule has 0 rings (SSSR count). The monoisotopic (exact) mass is 201 g/mol. The van der Waals surface area contributed by atoms with Crippen molar-refractivity contribution in [3.8, 4) is 0 Å². The lowest BCUT2D eigenvalue weighted by Gasteiger charge is -2.33. The lowest BCUT2D eigenvalue weighted by Crippen LogP contribution is -2.39. The molecular formula is C11H23NO2. The Morgan fingerprint density at radius 2 is 2.07 bits per heavy atom. The molecule has 1 amide bonds. The Bertz CT molecular complexity index is 182. The molecule has 0 saturated heterocycles. The Hall–Kier alpha value is -0.730. The molecule has 3 nitrogen and oxygen atoms in total. The van der Waals surface area contributed by atoms with Crippen molar-refractivity contribution in [2.45, 2.75) is 59.0 Å². The molecule has 0 radical (unpaired) electrons. The average Bonchev–Trinajstić information content (AvgIpc) is 2.12. The number of amides is 1. The third kappa shape index (κ3) is 3.99. The van der Waals surface area contributed by atoms with Gasteiger partial charge in [0.1, 0.15) is 5.60 Å². The number of hydrogen-bond acceptors (Lipinski definition) is 2. The first-order chi connectivity index (χ1) is 6.46. The summed E-state index contributed by atoms with van der Waals surface area (Å²) in [4.78, 5) is 10.8. The summed E-state index contributed by atoms with van der Waals surface area (Å²) in [6.45, 7) is 8.25. The van der Waals surface area contributed by atoms with Gasteiger partial charge in [0.25, 0.3) is 0 Å². The Kier molecular flexibility index (Phi) is 5.58. The Labute approximate surface area is 87.0 Å². The van der Waals surface area contributed by atoms with Gasteiger partial charge in [-0.2, -0.15) is 0 Å². The van der Waals surface area contributed by atoms with E-state index >= 15 is 0 Å². The highest BCUT2D eigenvalue weighted by atomic mass is 16.6. The minimum absolute atomic E-state index is 0.361. The first-order valence-electron chi connectivity index (χ1n) is 5.44. The number of carbonyl (C=O) groups excluding carboxylic acids is 1. The van der Waals surface area contributed by atoms with Gasteiger partial charge in [0.15, 0.2) is 0 Å². The lowest BCUT2D eigenvalue weighted by molar-refractivity contribution is -0.0166. The zero-order chi connectivity index (χ0) is 11.2. The molecule has 2 N–H and O–H groups in total. The predicted octanol–water partition coefficient (Wildman–Crippen LogP) is 3.08. The third-order valence-corrected chi connectivity index (χ3v) is 3.07. The zero-order valence-corrected chi connectivity index (χ0v) is 9.80. The van der Waals surface area contributed by atoms with Gasteiger partial charge < -0.3 is 10.5 Å². The fourth-order valence-corrected chi connectivity index (χ4v) is 1.57. The van der Waals surface area contributed by atoms with Gasteiger partial charge in [-0.25, -0.2) is 4.79 Å². The minimum Gasteiger partial charge on any atom is -0.443 e. The molecule has 0 fully saturated rings. The molecule has 0 bridgehead atoms. The maximum Gasteiger partial charge on any atom is 0.405 e. The van der Waals surface area contributed by atoms with Crippen LogP contribution in [0.5, 0.6) is 0 Å². The van der Waals surface area contributed by atoms with Crippen LogP contribution in [0.2, 0.25) is 0 Å². The van der Waals surface area contributed by atoms with Crippen LogP contribution in [0.25, 0.3) is 0 Å². The molecule has 0 aromatic rings. The maximum atomic E-state index is 10.8. The molecule has 14 heavy (non-hydrogen) atoms. The SMILES string of the molecule is CCCCC(C)C(C)(CC)OC(N)=O. The molecule has 84 valence electrons. The Morgan fingerprint density at radius 3 is 2.43 bits per heavy atom. The normalized spacial score (nSPS) is 17.1. The van der Waals surface area contributed by atoms with Gasteiger partial charge in [0, 0.05) is 0 Å². The smallest absolute Gasteiger partial charge is 0.405 e. The van der Waals surface area contributed by atoms with Crippen LogP contribution in [-0.4, -0.2) is 11.7 Å². The van der Waals surface area contributed by atoms with Gasteiger partial charge in [-0.05, 0) is 25.7 Å². The second-order valence-corrected chi connectivity index (χ2v) is 4.13. The number of nitrogens with two attached hydrogens (primary N) is 1. The van der Waals surface area contributed by atoms with E-state index < -0.39 is 11.7 Å². The Morgan fingerprint density at radius 1 is 1.50 bits per heavy atom. The number of unbranched alkanes of at least 4 members (excludes halogenated alkanes) is 1. The quantitative estimate of drug-likeness (QED) is 0.718. The van der Waals surface area contributed by atoms with Crippen LogP contribution >= 0.6 is 0 Å². The second-order valence-electron chi connectivity index (χ2n) is 4.13. The summed E-state index contributed by atoms with van der Waals surface area (Å²) in [6.07, 6.45) is 3.55. The molecular weight excluding hydrogens is 178 g/mol. The molecule has 0 aliphatic carbocycles. The highest BCUT2D eigenvalue weighted by Gasteiger charge is 2.32. The highest BCUT2D eigenvalue weighted by molar-refractivity contribution is 5.65. The molecule has 0 heterocycles. The van der Waals surface area contributed by atoms with E-state index in [1.54, 1.807) is 0 Å². The average molecular weight is 201 g/mol. The standard InChI is InChI=1S/C11H23NO2/c1-5-7-8-9(3)11(4,6-2)14-10(12)13/h9H,5-8H2,1-4H3,(H2,12,13). The van der Waals surface area contributed by atoms with Crippen molar-refractivity contribution in [2.24, 2.45) is 11.7 Å². The van der Waals surface area contributed by atoms with Crippen LogP contribution in [-0.2, 0) is 4.74 Å². The van der Waals surface area contributed by atoms with Gasteiger partial charge in [-0.15, -0.1) is 0 Å². The zero-order valence-electron chi connectivity index (χ0n) is 9.80. The number of ether oxygens (including phenoxy) is 1. The predicted molar refractivity (Wildman–Crippen MR) is 58.1 cm³/mol. The molecule has 0 aromatic heterocycles. The van der Waals surface area contributed by atoms with E-state index in [2.05, 4.69) is 13.8 Å². The fraction of sp³-hybridized carbons (Fsp3) is 0.909. The van der Waals surface area contributed by atoms with E-state index in [1.807, 2.05) is 13.8 Å². The molecule has 2 unspecified atom stereocenters. The van der Waals surface area contributed by atoms with Crippen LogP contribution in [0.3, 0.4) is 0 Å². The van der Waals surface area contributed by atoms with Crippen LogP contribution < -0.4 is 5.73 Å². The van der Waals surface area contributed by atoms with Crippen molar-refractivity contribution in [1.82, 2.24) is 0 Å². The second kappa shape index (κ2) is 5.89. The van der Waals surface area contributed by atoms with Gasteiger partial charge in [-0.1, -0.05) is 33.6 Å². The topological polar surface area (TPSA) is 52.3 Å². The summed E-state index contributed by atoms with van der Waals surface area (Å²) in [5.74, 6) is 0.361. The maximum absolute atomic E-state index is 10.8. The van der Waals surface area contributed by atoms with Crippen LogP contribution in [0.1, 0.15) is 53.4 Å². The van der Waals surface area contributed by atoms with E-state index in [-0.39, 0.29) is 0 Å². The van der Waals surface area contributed by atoms with Gasteiger partial charge >= 0.3 is 6.09 Å². The van der Waals surface area contributed by atoms with Crippen molar-refractivity contribution in [3.05, 3.63) is 0 Å². The molecule has 3 heteroatoms. The van der Waals surface area contributed by atoms with Crippen molar-refractivity contribution in [2.75, 3.05) is 0 Å². The summed E-state index contributed by atoms with van der Waals surface area (Å²) in [5.41, 5.74) is 4.66. The van der Waals surface area contributed by atoms with E-state index in [4.69, 9.17) is 10.5 Å². The van der Waals surface area contributed by atoms with Gasteiger partial charge in [0.2, 0.25) is 0 Å².